The Kier molecular flexibility index (Phi) is 3.46. The molecular weight excluding hydrogens is 322 g/mol. The van der Waals surface area contributed by atoms with Gasteiger partial charge in [-0.05, 0) is 25.1 Å². The van der Waals surface area contributed by atoms with Crippen molar-refractivity contribution in [2.75, 3.05) is 13.7 Å². The number of ether oxygens (including phenoxy) is 2. The summed E-state index contributed by atoms with van der Waals surface area (Å²) in [6.07, 6.45) is 0. The van der Waals surface area contributed by atoms with Gasteiger partial charge in [-0.1, -0.05) is 18.2 Å². The quantitative estimate of drug-likeness (QED) is 0.536. The molecule has 4 rings (SSSR count). The van der Waals surface area contributed by atoms with E-state index in [4.69, 9.17) is 13.9 Å². The first-order chi connectivity index (χ1) is 12.2. The Balaban J connectivity index is 2.23. The molecule has 2 aromatic heterocycles. The van der Waals surface area contributed by atoms with E-state index < -0.39 is 5.97 Å². The Morgan fingerprint density at radius 2 is 1.92 bits per heavy atom. The monoisotopic (exact) mass is 337 g/mol. The van der Waals surface area contributed by atoms with E-state index in [1.807, 2.05) is 0 Å². The lowest BCUT2D eigenvalue weighted by Crippen LogP contribution is -2.17. The van der Waals surface area contributed by atoms with E-state index in [0.29, 0.717) is 27.6 Å². The van der Waals surface area contributed by atoms with Gasteiger partial charge in [0.15, 0.2) is 5.58 Å². The number of carbonyl (C=O) groups excluding carboxylic acids is 1. The third-order valence-corrected chi connectivity index (χ3v) is 4.14. The summed E-state index contributed by atoms with van der Waals surface area (Å²) < 4.78 is 17.7. The van der Waals surface area contributed by atoms with Crippen molar-refractivity contribution < 1.29 is 18.7 Å². The van der Waals surface area contributed by atoms with Gasteiger partial charge in [0.25, 0.3) is 5.56 Å². The average Bonchev–Trinajstić information content (AvgIpc) is 3.00. The number of aromatic nitrogens is 1. The molecule has 2 heterocycles. The van der Waals surface area contributed by atoms with Crippen LogP contribution >= 0.6 is 0 Å². The van der Waals surface area contributed by atoms with Crippen LogP contribution in [0.25, 0.3) is 27.6 Å². The van der Waals surface area contributed by atoms with E-state index in [2.05, 4.69) is 0 Å². The van der Waals surface area contributed by atoms with Gasteiger partial charge in [0.1, 0.15) is 11.3 Å². The minimum atomic E-state index is -0.526. The summed E-state index contributed by atoms with van der Waals surface area (Å²) >= 11 is 0. The van der Waals surface area contributed by atoms with Gasteiger partial charge in [-0.15, -0.1) is 0 Å². The molecule has 126 valence electrons. The topological polar surface area (TPSA) is 70.2 Å². The molecule has 0 radical (unpaired) electrons. The minimum Gasteiger partial charge on any atom is -0.497 e. The number of pyridine rings is 1. The summed E-state index contributed by atoms with van der Waals surface area (Å²) in [5, 5.41) is 0.943. The fourth-order valence-corrected chi connectivity index (χ4v) is 3.04. The second-order valence-electron chi connectivity index (χ2n) is 5.52. The van der Waals surface area contributed by atoms with Crippen LogP contribution in [0, 0.1) is 0 Å². The van der Waals surface area contributed by atoms with Gasteiger partial charge in [-0.3, -0.25) is 4.79 Å². The van der Waals surface area contributed by atoms with Crippen molar-refractivity contribution in [2.45, 2.75) is 6.92 Å². The molecule has 0 aliphatic carbocycles. The fraction of sp³-hybridized carbons (Fsp3) is 0.158. The molecule has 4 aromatic rings. The molecule has 0 saturated carbocycles. The Morgan fingerprint density at radius 1 is 1.16 bits per heavy atom. The van der Waals surface area contributed by atoms with Gasteiger partial charge < -0.3 is 13.9 Å². The maximum atomic E-state index is 13.0. The van der Waals surface area contributed by atoms with Crippen molar-refractivity contribution in [3.05, 3.63) is 58.4 Å². The largest absolute Gasteiger partial charge is 0.497 e. The summed E-state index contributed by atoms with van der Waals surface area (Å²) in [5.41, 5.74) is 1.19. The molecule has 0 aliphatic heterocycles. The van der Waals surface area contributed by atoms with Crippen LogP contribution in [-0.4, -0.2) is 24.1 Å². The van der Waals surface area contributed by atoms with E-state index in [1.54, 1.807) is 56.5 Å². The second kappa shape index (κ2) is 5.66. The van der Waals surface area contributed by atoms with Gasteiger partial charge in [-0.25, -0.2) is 9.20 Å². The first-order valence-electron chi connectivity index (χ1n) is 7.86. The van der Waals surface area contributed by atoms with Gasteiger partial charge in [0.2, 0.25) is 5.71 Å². The summed E-state index contributed by atoms with van der Waals surface area (Å²) in [6, 6.07) is 12.1. The Bertz CT molecular complexity index is 1190. The van der Waals surface area contributed by atoms with Crippen molar-refractivity contribution in [1.29, 1.82) is 0 Å². The predicted octanol–water partition coefficient (Wildman–Crippen LogP) is 3.38. The number of methoxy groups -OCH3 is 1. The molecule has 0 spiro atoms. The second-order valence-corrected chi connectivity index (χ2v) is 5.52. The zero-order chi connectivity index (χ0) is 17.6. The highest BCUT2D eigenvalue weighted by atomic mass is 16.5. The average molecular weight is 337 g/mol. The van der Waals surface area contributed by atoms with Crippen LogP contribution in [0.1, 0.15) is 17.3 Å². The molecule has 0 fully saturated rings. The van der Waals surface area contributed by atoms with Crippen molar-refractivity contribution in [3.63, 3.8) is 0 Å². The highest BCUT2D eigenvalue weighted by Gasteiger charge is 2.23. The number of rotatable bonds is 3. The Morgan fingerprint density at radius 3 is 2.64 bits per heavy atom. The lowest BCUT2D eigenvalue weighted by molar-refractivity contribution is 0.0529. The molecule has 0 N–H and O–H groups in total. The SMILES string of the molecule is CCOC(=O)c1c2ccccc2c(=O)n2c1oc1cc(OC)ccc12. The smallest absolute Gasteiger partial charge is 0.344 e. The number of carbonyl (C=O) groups is 1. The number of hydrogen-bond donors (Lipinski definition) is 0. The van der Waals surface area contributed by atoms with E-state index in [1.165, 1.54) is 4.40 Å². The molecular formula is C19H15NO5. The predicted molar refractivity (Wildman–Crippen MR) is 93.5 cm³/mol. The molecule has 0 saturated heterocycles. The van der Waals surface area contributed by atoms with E-state index in [9.17, 15) is 9.59 Å². The van der Waals surface area contributed by atoms with Crippen molar-refractivity contribution >= 4 is 33.6 Å². The molecule has 6 heteroatoms. The molecule has 2 aromatic carbocycles. The van der Waals surface area contributed by atoms with Crippen LogP contribution in [0.3, 0.4) is 0 Å². The first kappa shape index (κ1) is 15.3. The lowest BCUT2D eigenvalue weighted by atomic mass is 10.1. The number of fused-ring (bicyclic) bond motifs is 4. The van der Waals surface area contributed by atoms with Crippen molar-refractivity contribution in [3.8, 4) is 5.75 Å². The summed E-state index contributed by atoms with van der Waals surface area (Å²) in [5.74, 6) is 0.0732. The van der Waals surface area contributed by atoms with Gasteiger partial charge >= 0.3 is 5.97 Å². The van der Waals surface area contributed by atoms with Gasteiger partial charge in [-0.2, -0.15) is 0 Å². The van der Waals surface area contributed by atoms with Crippen LogP contribution in [-0.2, 0) is 4.74 Å². The normalized spacial score (nSPS) is 11.3. The van der Waals surface area contributed by atoms with Gasteiger partial charge in [0, 0.05) is 16.8 Å². The Hall–Kier alpha value is -3.28. The van der Waals surface area contributed by atoms with E-state index >= 15 is 0 Å². The summed E-state index contributed by atoms with van der Waals surface area (Å²) in [4.78, 5) is 25.5. The van der Waals surface area contributed by atoms with Gasteiger partial charge in [0.05, 0.1) is 19.2 Å². The minimum absolute atomic E-state index is 0.172. The zero-order valence-corrected chi connectivity index (χ0v) is 13.7. The standard InChI is InChI=1S/C19H15NO5/c1-3-24-19(22)16-12-6-4-5-7-13(12)17(21)20-14-9-8-11(23-2)10-15(14)25-18(16)20/h4-10H,3H2,1-2H3. The molecule has 0 unspecified atom stereocenters. The highest BCUT2D eigenvalue weighted by Crippen LogP contribution is 2.29. The number of oxazole rings is 1. The van der Waals surface area contributed by atoms with E-state index in [-0.39, 0.29) is 23.4 Å². The first-order valence-corrected chi connectivity index (χ1v) is 7.86. The third-order valence-electron chi connectivity index (χ3n) is 4.14. The van der Waals surface area contributed by atoms with Crippen LogP contribution in [0.2, 0.25) is 0 Å². The number of benzene rings is 2. The molecule has 0 amide bonds. The Labute approximate surface area is 142 Å². The molecule has 0 aliphatic rings. The number of hydrogen-bond acceptors (Lipinski definition) is 5. The summed E-state index contributed by atoms with van der Waals surface area (Å²) in [7, 11) is 1.55. The van der Waals surface area contributed by atoms with Crippen LogP contribution in [0.15, 0.2) is 51.7 Å². The van der Waals surface area contributed by atoms with Crippen LogP contribution in [0.5, 0.6) is 5.75 Å². The summed E-state index contributed by atoms with van der Waals surface area (Å²) in [6.45, 7) is 1.96. The fourth-order valence-electron chi connectivity index (χ4n) is 3.04. The number of nitrogens with zero attached hydrogens (tertiary/aromatic N) is 1. The maximum absolute atomic E-state index is 13.0. The molecule has 0 atom stereocenters. The van der Waals surface area contributed by atoms with Crippen molar-refractivity contribution in [2.24, 2.45) is 0 Å². The maximum Gasteiger partial charge on any atom is 0.344 e. The third kappa shape index (κ3) is 2.18. The molecule has 25 heavy (non-hydrogen) atoms. The molecule has 0 bridgehead atoms. The van der Waals surface area contributed by atoms with E-state index in [0.717, 1.165) is 0 Å². The zero-order valence-electron chi connectivity index (χ0n) is 13.7. The molecule has 6 nitrogen and oxygen atoms in total. The lowest BCUT2D eigenvalue weighted by Gasteiger charge is -2.07. The highest BCUT2D eigenvalue weighted by molar-refractivity contribution is 6.10. The van der Waals surface area contributed by atoms with Crippen molar-refractivity contribution in [1.82, 2.24) is 4.40 Å². The van der Waals surface area contributed by atoms with Crippen LogP contribution < -0.4 is 10.3 Å². The number of esters is 1. The van der Waals surface area contributed by atoms with Crippen LogP contribution in [0.4, 0.5) is 0 Å².